The lowest BCUT2D eigenvalue weighted by atomic mass is 11.3. The van der Waals surface area contributed by atoms with Crippen LogP contribution in [0.25, 0.3) is 0 Å². The van der Waals surface area contributed by atoms with Crippen molar-refractivity contribution in [2.75, 3.05) is 6.26 Å². The molecular weight excluding hydrogens is 68.1 g/mol. The Morgan fingerprint density at radius 1 is 2.00 bits per heavy atom. The third-order valence-electron chi connectivity index (χ3n) is 0.136. The summed E-state index contributed by atoms with van der Waals surface area (Å²) < 4.78 is 0. The zero-order valence-electron chi connectivity index (χ0n) is 2.56. The van der Waals surface area contributed by atoms with Gasteiger partial charge < -0.3 is 0 Å². The topological polar surface area (TPSA) is 0 Å². The fourth-order valence-corrected chi connectivity index (χ4v) is 0. The van der Waals surface area contributed by atoms with Crippen LogP contribution in [0.15, 0.2) is 5.41 Å². The van der Waals surface area contributed by atoms with E-state index in [2.05, 4.69) is 0 Å². The summed E-state index contributed by atoms with van der Waals surface area (Å²) in [6.45, 7) is 4.87. The Balaban J connectivity index is 2.30. The Bertz CT molecular complexity index is 17.2. The summed E-state index contributed by atoms with van der Waals surface area (Å²) in [7, 11) is 0. The molecule has 0 aromatic rings. The molecular formula is C3H5S. The lowest BCUT2D eigenvalue weighted by Gasteiger charge is -1.59. The highest BCUT2D eigenvalue weighted by molar-refractivity contribution is 8.01. The minimum absolute atomic E-state index is 1.51. The van der Waals surface area contributed by atoms with E-state index in [1.165, 1.54) is 11.8 Å². The highest BCUT2D eigenvalue weighted by atomic mass is 32.2. The third kappa shape index (κ3) is 2.09. The van der Waals surface area contributed by atoms with Crippen LogP contribution >= 0.6 is 11.8 Å². The molecule has 0 aliphatic rings. The van der Waals surface area contributed by atoms with E-state index in [1.807, 2.05) is 6.26 Å². The minimum atomic E-state index is 1.51. The molecule has 0 aromatic heterocycles. The summed E-state index contributed by atoms with van der Waals surface area (Å²) in [6.07, 6.45) is 1.92. The molecule has 0 amide bonds. The van der Waals surface area contributed by atoms with Gasteiger partial charge in [0.2, 0.25) is 0 Å². The van der Waals surface area contributed by atoms with Crippen LogP contribution in [0.2, 0.25) is 0 Å². The predicted octanol–water partition coefficient (Wildman–Crippen LogP) is 1.30. The van der Waals surface area contributed by atoms with Gasteiger partial charge in [-0.3, -0.25) is 0 Å². The van der Waals surface area contributed by atoms with Gasteiger partial charge in [-0.05, 0) is 11.7 Å². The van der Waals surface area contributed by atoms with Crippen molar-refractivity contribution in [3.63, 3.8) is 0 Å². The molecule has 4 heavy (non-hydrogen) atoms. The smallest absolute Gasteiger partial charge is 0.0142 e. The van der Waals surface area contributed by atoms with Crippen LogP contribution in [0.3, 0.4) is 0 Å². The normalized spacial score (nSPS) is 6.25. The molecule has 0 aliphatic carbocycles. The second kappa shape index (κ2) is 3.09. The average Bonchev–Trinajstić information content (AvgIpc) is 1.37. The van der Waals surface area contributed by atoms with Gasteiger partial charge in [0.05, 0.1) is 0 Å². The van der Waals surface area contributed by atoms with E-state index < -0.39 is 0 Å². The summed E-state index contributed by atoms with van der Waals surface area (Å²) in [4.78, 5) is 0. The van der Waals surface area contributed by atoms with Gasteiger partial charge in [0, 0.05) is 0 Å². The third-order valence-corrected chi connectivity index (χ3v) is 0.408. The van der Waals surface area contributed by atoms with E-state index in [4.69, 9.17) is 6.58 Å². The SMILES string of the molecule is [CH]=CSC. The standard InChI is InChI=1S/C3H5S/c1-3-4-2/h1,3H,2H3. The van der Waals surface area contributed by atoms with Gasteiger partial charge in [-0.25, -0.2) is 0 Å². The maximum atomic E-state index is 4.87. The average molecular weight is 73.1 g/mol. The van der Waals surface area contributed by atoms with Gasteiger partial charge >= 0.3 is 0 Å². The molecule has 0 atom stereocenters. The first-order valence-corrected chi connectivity index (χ1v) is 2.27. The van der Waals surface area contributed by atoms with Gasteiger partial charge in [-0.15, -0.1) is 11.8 Å². The number of hydrogen-bond acceptors (Lipinski definition) is 1. The van der Waals surface area contributed by atoms with Gasteiger partial charge in [-0.2, -0.15) is 0 Å². The molecule has 0 aromatic carbocycles. The highest BCUT2D eigenvalue weighted by Gasteiger charge is 1.44. The zero-order chi connectivity index (χ0) is 3.41. The molecule has 1 radical (unpaired) electrons. The van der Waals surface area contributed by atoms with Crippen LogP contribution < -0.4 is 0 Å². The second-order valence-corrected chi connectivity index (χ2v) is 1.12. The first-order valence-electron chi connectivity index (χ1n) is 0.977. The highest BCUT2D eigenvalue weighted by Crippen LogP contribution is 1.85. The molecule has 1 heteroatoms. The van der Waals surface area contributed by atoms with Crippen molar-refractivity contribution in [1.29, 1.82) is 0 Å². The molecule has 0 bridgehead atoms. The maximum Gasteiger partial charge on any atom is -0.0142 e. The van der Waals surface area contributed by atoms with Crippen LogP contribution in [0, 0.1) is 6.58 Å². The molecule has 0 N–H and O–H groups in total. The summed E-state index contributed by atoms with van der Waals surface area (Å²) in [5, 5.41) is 1.54. The first kappa shape index (κ1) is 4.09. The van der Waals surface area contributed by atoms with Gasteiger partial charge in [0.1, 0.15) is 0 Å². The Kier molecular flexibility index (Phi) is 3.16. The van der Waals surface area contributed by atoms with Gasteiger partial charge in [0.15, 0.2) is 0 Å². The number of hydrogen-bond donors (Lipinski definition) is 0. The molecule has 0 spiro atoms. The second-order valence-electron chi connectivity index (χ2n) is 0.372. The summed E-state index contributed by atoms with van der Waals surface area (Å²) in [6, 6.07) is 0. The molecule has 0 unspecified atom stereocenters. The van der Waals surface area contributed by atoms with Crippen LogP contribution in [-0.2, 0) is 0 Å². The molecule has 0 heterocycles. The lowest BCUT2D eigenvalue weighted by Crippen LogP contribution is -1.26. The summed E-state index contributed by atoms with van der Waals surface area (Å²) in [5.41, 5.74) is 0. The monoisotopic (exact) mass is 73.0 g/mol. The largest absolute Gasteiger partial charge is 0.138 e. The quantitative estimate of drug-likeness (QED) is 0.450. The molecule has 0 rings (SSSR count). The zero-order valence-corrected chi connectivity index (χ0v) is 3.38. The van der Waals surface area contributed by atoms with Crippen molar-refractivity contribution in [2.45, 2.75) is 0 Å². The van der Waals surface area contributed by atoms with Crippen molar-refractivity contribution < 1.29 is 0 Å². The van der Waals surface area contributed by atoms with Crippen LogP contribution in [0.5, 0.6) is 0 Å². The lowest BCUT2D eigenvalue weighted by molar-refractivity contribution is 2.43. The van der Waals surface area contributed by atoms with Crippen molar-refractivity contribution >= 4 is 11.8 Å². The van der Waals surface area contributed by atoms with Crippen LogP contribution in [0.1, 0.15) is 0 Å². The molecule has 0 saturated carbocycles. The summed E-state index contributed by atoms with van der Waals surface area (Å²) >= 11 is 1.51. The fraction of sp³-hybridized carbons (Fsp3) is 0.333. The molecule has 0 fully saturated rings. The van der Waals surface area contributed by atoms with Crippen LogP contribution in [-0.4, -0.2) is 6.26 Å². The number of thioether (sulfide) groups is 1. The van der Waals surface area contributed by atoms with Crippen molar-refractivity contribution in [1.82, 2.24) is 0 Å². The molecule has 23 valence electrons. The summed E-state index contributed by atoms with van der Waals surface area (Å²) in [5.74, 6) is 0. The van der Waals surface area contributed by atoms with Crippen LogP contribution in [0.4, 0.5) is 0 Å². The molecule has 0 saturated heterocycles. The number of rotatable bonds is 1. The Morgan fingerprint density at radius 3 is 2.25 bits per heavy atom. The maximum absolute atomic E-state index is 4.87. The van der Waals surface area contributed by atoms with E-state index in [1.54, 1.807) is 5.41 Å². The van der Waals surface area contributed by atoms with Crippen molar-refractivity contribution in [3.05, 3.63) is 12.0 Å². The van der Waals surface area contributed by atoms with Crippen molar-refractivity contribution in [2.24, 2.45) is 0 Å². The van der Waals surface area contributed by atoms with E-state index in [-0.39, 0.29) is 0 Å². The Morgan fingerprint density at radius 2 is 2.25 bits per heavy atom. The van der Waals surface area contributed by atoms with Gasteiger partial charge in [-0.1, -0.05) is 6.58 Å². The Hall–Kier alpha value is 0.0900. The fourth-order valence-electron chi connectivity index (χ4n) is 0. The molecule has 0 aliphatic heterocycles. The van der Waals surface area contributed by atoms with Crippen molar-refractivity contribution in [3.8, 4) is 0 Å². The predicted molar refractivity (Wildman–Crippen MR) is 22.4 cm³/mol. The van der Waals surface area contributed by atoms with E-state index in [0.717, 1.165) is 0 Å². The minimum Gasteiger partial charge on any atom is -0.138 e. The Labute approximate surface area is 30.9 Å². The van der Waals surface area contributed by atoms with E-state index in [9.17, 15) is 0 Å². The molecule has 0 nitrogen and oxygen atoms in total. The van der Waals surface area contributed by atoms with E-state index in [0.29, 0.717) is 0 Å². The first-order chi connectivity index (χ1) is 1.91. The van der Waals surface area contributed by atoms with Gasteiger partial charge in [0.25, 0.3) is 0 Å². The van der Waals surface area contributed by atoms with E-state index >= 15 is 0 Å².